The molecule has 2 aromatic heterocycles. The van der Waals surface area contributed by atoms with Crippen molar-refractivity contribution in [1.29, 1.82) is 0 Å². The molecule has 0 bridgehead atoms. The summed E-state index contributed by atoms with van der Waals surface area (Å²) in [5.74, 6) is -4.46. The van der Waals surface area contributed by atoms with Gasteiger partial charge >= 0.3 is 24.1 Å². The predicted octanol–water partition coefficient (Wildman–Crippen LogP) is 16.2. The van der Waals surface area contributed by atoms with Gasteiger partial charge in [0.2, 0.25) is 5.69 Å². The maximum Gasteiger partial charge on any atom is 0.418 e. The fraction of sp³-hybridized carbons (Fsp3) is 0.492. The summed E-state index contributed by atoms with van der Waals surface area (Å²) in [7, 11) is -0.279. The summed E-state index contributed by atoms with van der Waals surface area (Å²) in [5, 5.41) is 0.656. The molecular formula is C65H80ClF4N7O10S2Si2. The zero-order valence-corrected chi connectivity index (χ0v) is 58.7. The first-order valence-corrected chi connectivity index (χ1v) is 38.9. The number of aliphatic imine (C=N–C) groups is 2. The third-order valence-electron chi connectivity index (χ3n) is 15.3. The Labute approximate surface area is 546 Å². The Bertz CT molecular complexity index is 3570. The first kappa shape index (κ1) is 72.0. The van der Waals surface area contributed by atoms with Crippen molar-refractivity contribution in [3.63, 3.8) is 0 Å². The SMILES string of the molecule is COC(=O)[C@]12C[C@H]1[C@@](C)(c1cc(/C=C(\F)c3ccc(Cl)cn3)ccc1F)N=C(N(COCC[Si](C)(C)C)C(=O)OC(C)(C)C)S2.[C-]#[N+]c1ccc(/C(F)=C/c2ccc(F)c([C@@]3(C)N=C(N(COCC[Si](C)(C)C)C(=O)OC(C)(C)C)S[C@@]4(C(=O)OC)C[C@H]43)c2)nc1. The van der Waals surface area contributed by atoms with Gasteiger partial charge < -0.3 is 28.4 Å². The number of aromatic nitrogens is 2. The Kier molecular flexibility index (Phi) is 22.2. The Balaban J connectivity index is 0.000000259. The van der Waals surface area contributed by atoms with E-state index in [0.29, 0.717) is 42.2 Å². The van der Waals surface area contributed by atoms with Crippen LogP contribution < -0.4 is 0 Å². The molecule has 91 heavy (non-hydrogen) atoms. The number of carbonyl (C=O) groups is 4. The normalized spacial score (nSPS) is 22.9. The van der Waals surface area contributed by atoms with Gasteiger partial charge in [-0.1, -0.05) is 92.6 Å². The standard InChI is InChI=1S/C33H40F2N4O5SSi.C32H40ClF2N3O5SSi/c1-31(2,3)44-30(41)39(20-43-14-15-46(7,8)9)29-38-32(4,27-18-33(27,45-29)28(40)42-6)23-16-21(10-12-24(23)34)17-25(35)26-13-11-22(36-5)19-37-26;1-30(2,3)43-29(40)38(19-42-13-14-45(6,7)8)28-37-31(4,26-17-32(26,44-28)27(39)41-5)22-15-20(9-11-23(22)34)16-24(35)25-12-10-21(33)18-36-25/h10-13,16-17,19,27H,14-15,18,20H2,1-4,6-9H3;9-12,15-16,18,26H,13-14,17,19H2,1-8H3/b25-17-;24-16-/t27-,32+,33-;26-,31+,32-/m00/s1. The number of rotatable bonds is 18. The molecule has 0 unspecified atom stereocenters. The van der Waals surface area contributed by atoms with Gasteiger partial charge in [-0.3, -0.25) is 29.5 Å². The molecule has 2 saturated carbocycles. The molecule has 4 heterocycles. The average Bonchev–Trinajstić information content (AvgIpc) is 1.54. The highest BCUT2D eigenvalue weighted by atomic mass is 35.5. The predicted molar refractivity (Wildman–Crippen MR) is 355 cm³/mol. The minimum atomic E-state index is -1.43. The smallest absolute Gasteiger partial charge is 0.418 e. The maximum atomic E-state index is 15.7. The van der Waals surface area contributed by atoms with Crippen molar-refractivity contribution in [2.24, 2.45) is 21.8 Å². The number of hydrogen-bond donors (Lipinski definition) is 0. The van der Waals surface area contributed by atoms with Crippen molar-refractivity contribution >= 4 is 115 Å². The van der Waals surface area contributed by atoms with E-state index in [0.717, 1.165) is 35.6 Å². The van der Waals surface area contributed by atoms with Gasteiger partial charge in [0.05, 0.1) is 48.3 Å². The third kappa shape index (κ3) is 17.6. The van der Waals surface area contributed by atoms with E-state index >= 15 is 17.6 Å². The number of amides is 2. The number of pyridine rings is 2. The Hall–Kier alpha value is -6.41. The van der Waals surface area contributed by atoms with Crippen molar-refractivity contribution < 1.29 is 65.2 Å². The van der Waals surface area contributed by atoms with E-state index in [1.54, 1.807) is 55.4 Å². The van der Waals surface area contributed by atoms with Crippen LogP contribution in [-0.2, 0) is 49.1 Å². The summed E-state index contributed by atoms with van der Waals surface area (Å²) in [6.45, 7) is 34.7. The molecule has 0 spiro atoms. The van der Waals surface area contributed by atoms with Gasteiger partial charge in [0.25, 0.3) is 0 Å². The molecule has 2 amide bonds. The van der Waals surface area contributed by atoms with Crippen molar-refractivity contribution in [3.05, 3.63) is 135 Å². The van der Waals surface area contributed by atoms with E-state index in [2.05, 4.69) is 54.1 Å². The van der Waals surface area contributed by atoms with Crippen molar-refractivity contribution in [2.75, 3.05) is 40.9 Å². The summed E-state index contributed by atoms with van der Waals surface area (Å²) in [6, 6.07) is 15.9. The lowest BCUT2D eigenvalue weighted by molar-refractivity contribution is -0.142. The van der Waals surface area contributed by atoms with Crippen molar-refractivity contribution in [3.8, 4) is 0 Å². The lowest BCUT2D eigenvalue weighted by Crippen LogP contribution is -2.47. The van der Waals surface area contributed by atoms with Crippen LogP contribution in [0.15, 0.2) is 83.0 Å². The highest BCUT2D eigenvalue weighted by Gasteiger charge is 2.73. The van der Waals surface area contributed by atoms with Gasteiger partial charge in [0.1, 0.15) is 57.4 Å². The van der Waals surface area contributed by atoms with Crippen LogP contribution >= 0.6 is 35.1 Å². The molecule has 0 saturated heterocycles. The van der Waals surface area contributed by atoms with E-state index in [1.165, 1.54) is 109 Å². The van der Waals surface area contributed by atoms with Crippen LogP contribution in [0, 0.1) is 30.0 Å². The lowest BCUT2D eigenvalue weighted by atomic mass is 9.84. The summed E-state index contributed by atoms with van der Waals surface area (Å²) in [5.41, 5.74) is -2.98. The molecule has 2 aliphatic carbocycles. The summed E-state index contributed by atoms with van der Waals surface area (Å²) < 4.78 is 93.2. The largest absolute Gasteiger partial charge is 0.468 e. The third-order valence-corrected chi connectivity index (χ3v) is 21.9. The fourth-order valence-electron chi connectivity index (χ4n) is 10.2. The van der Waals surface area contributed by atoms with Crippen LogP contribution in [0.3, 0.4) is 0 Å². The van der Waals surface area contributed by atoms with E-state index < -0.39 is 107 Å². The van der Waals surface area contributed by atoms with Crippen LogP contribution in [0.4, 0.5) is 32.8 Å². The average molecular weight is 1350 g/mol. The number of fused-ring (bicyclic) bond motifs is 2. The summed E-state index contributed by atoms with van der Waals surface area (Å²) in [6.07, 6.45) is 4.28. The second-order valence-corrected chi connectivity index (χ2v) is 41.7. The number of thioether (sulfide) groups is 2. The molecule has 4 aliphatic rings. The van der Waals surface area contributed by atoms with Gasteiger partial charge in [-0.15, -0.1) is 0 Å². The first-order chi connectivity index (χ1) is 42.3. The lowest BCUT2D eigenvalue weighted by Gasteiger charge is -2.37. The van der Waals surface area contributed by atoms with E-state index in [-0.39, 0.29) is 52.0 Å². The zero-order chi connectivity index (χ0) is 67.5. The van der Waals surface area contributed by atoms with Crippen LogP contribution in [0.1, 0.15) is 102 Å². The number of esters is 2. The molecule has 0 N–H and O–H groups in total. The van der Waals surface area contributed by atoms with Crippen LogP contribution in [0.5, 0.6) is 0 Å². The van der Waals surface area contributed by atoms with E-state index in [9.17, 15) is 19.2 Å². The monoisotopic (exact) mass is 1350 g/mol. The second-order valence-electron chi connectivity index (χ2n) is 27.4. The Morgan fingerprint density at radius 3 is 1.38 bits per heavy atom. The highest BCUT2D eigenvalue weighted by molar-refractivity contribution is 8.16. The van der Waals surface area contributed by atoms with E-state index in [4.69, 9.17) is 56.6 Å². The first-order valence-electron chi connectivity index (χ1n) is 29.5. The highest BCUT2D eigenvalue weighted by Crippen LogP contribution is 2.68. The quantitative estimate of drug-likeness (QED) is 0.0174. The number of halogens is 5. The Morgan fingerprint density at radius 1 is 0.659 bits per heavy atom. The molecule has 0 radical (unpaired) electrons. The minimum absolute atomic E-state index is 0.0212. The molecule has 4 aromatic rings. The molecule has 6 atom stereocenters. The van der Waals surface area contributed by atoms with Gasteiger partial charge in [-0.25, -0.2) is 41.8 Å². The second kappa shape index (κ2) is 28.0. The molecule has 26 heteroatoms. The molecule has 2 aliphatic heterocycles. The molecule has 2 fully saturated rings. The number of methoxy groups -OCH3 is 2. The van der Waals surface area contributed by atoms with Gasteiger partial charge in [0.15, 0.2) is 10.3 Å². The van der Waals surface area contributed by atoms with Crippen molar-refractivity contribution in [2.45, 2.75) is 151 Å². The van der Waals surface area contributed by atoms with Gasteiger partial charge in [-0.2, -0.15) is 0 Å². The van der Waals surface area contributed by atoms with Crippen LogP contribution in [-0.4, -0.2) is 132 Å². The fourth-order valence-corrected chi connectivity index (χ4v) is 15.0. The topological polar surface area (TPSA) is 185 Å². The van der Waals surface area contributed by atoms with Crippen LogP contribution in [0.25, 0.3) is 28.7 Å². The number of benzene rings is 2. The zero-order valence-electron chi connectivity index (χ0n) is 54.3. The number of nitrogens with zero attached hydrogens (tertiary/aromatic N) is 7. The summed E-state index contributed by atoms with van der Waals surface area (Å²) in [4.78, 5) is 77.2. The number of carbonyl (C=O) groups excluding carboxylic acids is 4. The molecule has 17 nitrogen and oxygen atoms in total. The number of hydrogen-bond acceptors (Lipinski definition) is 16. The minimum Gasteiger partial charge on any atom is -0.468 e. The van der Waals surface area contributed by atoms with Crippen LogP contribution in [0.2, 0.25) is 56.4 Å². The molecule has 2 aromatic carbocycles. The van der Waals surface area contributed by atoms with Gasteiger partial charge in [-0.05, 0) is 146 Å². The summed E-state index contributed by atoms with van der Waals surface area (Å²) >= 11 is 8.07. The van der Waals surface area contributed by atoms with E-state index in [1.807, 2.05) is 0 Å². The van der Waals surface area contributed by atoms with Crippen molar-refractivity contribution in [1.82, 2.24) is 19.8 Å². The maximum absolute atomic E-state index is 15.7. The molecular weight excluding hydrogens is 1270 g/mol. The molecule has 8 rings (SSSR count). The van der Waals surface area contributed by atoms with Gasteiger partial charge in [0, 0.05) is 64.7 Å². The Morgan fingerprint density at radius 2 is 1.05 bits per heavy atom. The molecule has 490 valence electrons. The number of amidine groups is 2. The number of ether oxygens (including phenoxy) is 6.